The van der Waals surface area contributed by atoms with Crippen molar-refractivity contribution in [2.45, 2.75) is 0 Å². The topological polar surface area (TPSA) is 62.7 Å². The average molecular weight is 422 g/mol. The quantitative estimate of drug-likeness (QED) is 0.286. The Morgan fingerprint density at radius 2 is 1.38 bits per heavy atom. The maximum Gasteiger partial charge on any atom is 0.277 e. The molecule has 0 fully saturated rings. The zero-order valence-electron chi connectivity index (χ0n) is 17.4. The van der Waals surface area contributed by atoms with Gasteiger partial charge in [-0.05, 0) is 41.5 Å². The summed E-state index contributed by atoms with van der Waals surface area (Å²) in [7, 11) is 0. The van der Waals surface area contributed by atoms with Crippen LogP contribution < -0.4 is 15.5 Å². The Bertz CT molecular complexity index is 1170. The summed E-state index contributed by atoms with van der Waals surface area (Å²) in [5.74, 6) is 0.325. The van der Waals surface area contributed by atoms with Gasteiger partial charge in [-0.2, -0.15) is 5.10 Å². The first kappa shape index (κ1) is 20.9. The molecule has 32 heavy (non-hydrogen) atoms. The van der Waals surface area contributed by atoms with Crippen LogP contribution in [0.4, 0.5) is 11.4 Å². The minimum atomic E-state index is -0.327. The van der Waals surface area contributed by atoms with Crippen molar-refractivity contribution in [3.63, 3.8) is 0 Å². The highest BCUT2D eigenvalue weighted by Crippen LogP contribution is 2.29. The summed E-state index contributed by atoms with van der Waals surface area (Å²) in [6, 6.07) is 35.3. The second kappa shape index (κ2) is 10.6. The molecule has 0 aliphatic rings. The van der Waals surface area contributed by atoms with Crippen molar-refractivity contribution in [1.82, 2.24) is 5.43 Å². The van der Waals surface area contributed by atoms with E-state index < -0.39 is 0 Å². The van der Waals surface area contributed by atoms with Crippen molar-refractivity contribution in [1.29, 1.82) is 0 Å². The van der Waals surface area contributed by atoms with Gasteiger partial charge in [-0.25, -0.2) is 5.43 Å². The summed E-state index contributed by atoms with van der Waals surface area (Å²) >= 11 is 0. The molecular formula is C27H23N3O2. The highest BCUT2D eigenvalue weighted by molar-refractivity contribution is 5.83. The summed E-state index contributed by atoms with van der Waals surface area (Å²) in [5.41, 5.74) is 7.35. The highest BCUT2D eigenvalue weighted by Gasteiger charge is 2.07. The van der Waals surface area contributed by atoms with Gasteiger partial charge in [0.2, 0.25) is 0 Å². The minimum absolute atomic E-state index is 0.124. The SMILES string of the molecule is O=C(COc1ccccc1-c1ccccc1)N/N=C\c1ccc(Nc2ccccc2)cc1. The Morgan fingerprint density at radius 3 is 2.12 bits per heavy atom. The fourth-order valence-electron chi connectivity index (χ4n) is 3.14. The normalized spacial score (nSPS) is 10.6. The van der Waals surface area contributed by atoms with Crippen molar-refractivity contribution < 1.29 is 9.53 Å². The number of hydrazone groups is 1. The third-order valence-corrected chi connectivity index (χ3v) is 4.71. The zero-order chi connectivity index (χ0) is 22.0. The van der Waals surface area contributed by atoms with Crippen LogP contribution in [0, 0.1) is 0 Å². The van der Waals surface area contributed by atoms with Crippen molar-refractivity contribution in [2.75, 3.05) is 11.9 Å². The van der Waals surface area contributed by atoms with Crippen LogP contribution in [0.2, 0.25) is 0 Å². The van der Waals surface area contributed by atoms with Gasteiger partial charge in [-0.3, -0.25) is 4.79 Å². The van der Waals surface area contributed by atoms with Crippen molar-refractivity contribution in [3.05, 3.63) is 115 Å². The Hall–Kier alpha value is -4.38. The van der Waals surface area contributed by atoms with E-state index in [1.807, 2.05) is 109 Å². The van der Waals surface area contributed by atoms with Gasteiger partial charge in [0.1, 0.15) is 5.75 Å². The van der Waals surface area contributed by atoms with E-state index in [9.17, 15) is 4.79 Å². The number of ether oxygens (including phenoxy) is 1. The number of hydrogen-bond donors (Lipinski definition) is 2. The Balaban J connectivity index is 1.28. The van der Waals surface area contributed by atoms with E-state index in [0.717, 1.165) is 28.1 Å². The first-order chi connectivity index (χ1) is 15.8. The smallest absolute Gasteiger partial charge is 0.277 e. The van der Waals surface area contributed by atoms with E-state index in [2.05, 4.69) is 15.8 Å². The summed E-state index contributed by atoms with van der Waals surface area (Å²) < 4.78 is 5.73. The average Bonchev–Trinajstić information content (AvgIpc) is 2.85. The van der Waals surface area contributed by atoms with Crippen molar-refractivity contribution in [2.24, 2.45) is 5.10 Å². The molecule has 0 saturated heterocycles. The molecule has 5 heteroatoms. The molecule has 0 aromatic heterocycles. The highest BCUT2D eigenvalue weighted by atomic mass is 16.5. The standard InChI is InChI=1S/C27H23N3O2/c31-27(20-32-26-14-8-7-13-25(26)22-9-3-1-4-10-22)30-28-19-21-15-17-24(18-16-21)29-23-11-5-2-6-12-23/h1-19,29H,20H2,(H,30,31)/b28-19-. The first-order valence-corrected chi connectivity index (χ1v) is 10.3. The van der Waals surface area contributed by atoms with Gasteiger partial charge in [-0.1, -0.05) is 78.9 Å². The maximum absolute atomic E-state index is 12.2. The largest absolute Gasteiger partial charge is 0.483 e. The molecule has 2 N–H and O–H groups in total. The van der Waals surface area contributed by atoms with Gasteiger partial charge in [-0.15, -0.1) is 0 Å². The zero-order valence-corrected chi connectivity index (χ0v) is 17.4. The third-order valence-electron chi connectivity index (χ3n) is 4.71. The molecule has 0 saturated carbocycles. The van der Waals surface area contributed by atoms with Gasteiger partial charge in [0.05, 0.1) is 6.21 Å². The fourth-order valence-corrected chi connectivity index (χ4v) is 3.14. The van der Waals surface area contributed by atoms with E-state index in [0.29, 0.717) is 5.75 Å². The predicted octanol–water partition coefficient (Wildman–Crippen LogP) is 5.63. The van der Waals surface area contributed by atoms with Crippen molar-refractivity contribution in [3.8, 4) is 16.9 Å². The molecule has 5 nitrogen and oxygen atoms in total. The lowest BCUT2D eigenvalue weighted by atomic mass is 10.1. The lowest BCUT2D eigenvalue weighted by Crippen LogP contribution is -2.24. The number of para-hydroxylation sites is 2. The van der Waals surface area contributed by atoms with E-state index in [1.165, 1.54) is 0 Å². The molecule has 0 heterocycles. The summed E-state index contributed by atoms with van der Waals surface area (Å²) in [4.78, 5) is 12.2. The summed E-state index contributed by atoms with van der Waals surface area (Å²) in [6.45, 7) is -0.124. The van der Waals surface area contributed by atoms with Crippen LogP contribution in [0.3, 0.4) is 0 Å². The van der Waals surface area contributed by atoms with Crippen LogP contribution in [-0.4, -0.2) is 18.7 Å². The number of benzene rings is 4. The molecule has 0 radical (unpaired) electrons. The number of hydrogen-bond acceptors (Lipinski definition) is 4. The molecule has 0 aliphatic carbocycles. The lowest BCUT2D eigenvalue weighted by molar-refractivity contribution is -0.123. The summed E-state index contributed by atoms with van der Waals surface area (Å²) in [6.07, 6.45) is 1.60. The van der Waals surface area contributed by atoms with Gasteiger partial charge in [0.25, 0.3) is 5.91 Å². The van der Waals surface area contributed by atoms with E-state index in [4.69, 9.17) is 4.74 Å². The third kappa shape index (κ3) is 5.83. The number of carbonyl (C=O) groups excluding carboxylic acids is 1. The van der Waals surface area contributed by atoms with Crippen LogP contribution in [0.5, 0.6) is 5.75 Å². The molecule has 0 unspecified atom stereocenters. The maximum atomic E-state index is 12.2. The summed E-state index contributed by atoms with van der Waals surface area (Å²) in [5, 5.41) is 7.35. The molecule has 0 bridgehead atoms. The van der Waals surface area contributed by atoms with Crippen LogP contribution >= 0.6 is 0 Å². The van der Waals surface area contributed by atoms with E-state index >= 15 is 0 Å². The van der Waals surface area contributed by atoms with Crippen LogP contribution in [0.1, 0.15) is 5.56 Å². The second-order valence-corrected chi connectivity index (χ2v) is 7.06. The van der Waals surface area contributed by atoms with Gasteiger partial charge >= 0.3 is 0 Å². The van der Waals surface area contributed by atoms with E-state index in [-0.39, 0.29) is 12.5 Å². The second-order valence-electron chi connectivity index (χ2n) is 7.06. The van der Waals surface area contributed by atoms with Gasteiger partial charge in [0, 0.05) is 16.9 Å². The predicted molar refractivity (Wildman–Crippen MR) is 129 cm³/mol. The number of carbonyl (C=O) groups is 1. The number of rotatable bonds is 8. The molecule has 0 atom stereocenters. The van der Waals surface area contributed by atoms with Crippen LogP contribution in [-0.2, 0) is 4.79 Å². The van der Waals surface area contributed by atoms with Crippen molar-refractivity contribution >= 4 is 23.5 Å². The molecule has 0 spiro atoms. The molecule has 1 amide bonds. The molecular weight excluding hydrogens is 398 g/mol. The lowest BCUT2D eigenvalue weighted by Gasteiger charge is -2.10. The molecule has 0 aliphatic heterocycles. The number of anilines is 2. The van der Waals surface area contributed by atoms with E-state index in [1.54, 1.807) is 6.21 Å². The molecule has 4 rings (SSSR count). The Labute approximate surface area is 187 Å². The monoisotopic (exact) mass is 421 g/mol. The van der Waals surface area contributed by atoms with Crippen LogP contribution in [0.25, 0.3) is 11.1 Å². The molecule has 4 aromatic rings. The van der Waals surface area contributed by atoms with Gasteiger partial charge < -0.3 is 10.1 Å². The number of nitrogens with one attached hydrogen (secondary N) is 2. The fraction of sp³-hybridized carbons (Fsp3) is 0.0370. The minimum Gasteiger partial charge on any atom is -0.483 e. The molecule has 4 aromatic carbocycles. The molecule has 158 valence electrons. The Kier molecular flexibility index (Phi) is 6.91. The number of nitrogens with zero attached hydrogens (tertiary/aromatic N) is 1. The Morgan fingerprint density at radius 1 is 0.750 bits per heavy atom. The number of amides is 1. The van der Waals surface area contributed by atoms with Crippen LogP contribution in [0.15, 0.2) is 114 Å². The van der Waals surface area contributed by atoms with Gasteiger partial charge in [0.15, 0.2) is 6.61 Å². The first-order valence-electron chi connectivity index (χ1n) is 10.3.